The molecule has 3 aromatic rings. The first-order chi connectivity index (χ1) is 15.8. The van der Waals surface area contributed by atoms with Gasteiger partial charge in [0.2, 0.25) is 5.75 Å². The van der Waals surface area contributed by atoms with E-state index in [0.29, 0.717) is 11.1 Å². The SMILES string of the molecule is COc1ccc(/C=N\NC(=O)c2cccc(Br)c2)cc1Oc1ccc([N+](=O)[O-])cc1[N+](=O)[O-]. The van der Waals surface area contributed by atoms with Gasteiger partial charge in [-0.2, -0.15) is 5.10 Å². The Kier molecular flexibility index (Phi) is 7.31. The van der Waals surface area contributed by atoms with E-state index in [2.05, 4.69) is 26.5 Å². The van der Waals surface area contributed by atoms with E-state index in [1.165, 1.54) is 19.4 Å². The molecule has 0 aliphatic heterocycles. The van der Waals surface area contributed by atoms with E-state index in [-0.39, 0.29) is 17.2 Å². The number of carbonyl (C=O) groups excluding carboxylic acids is 1. The van der Waals surface area contributed by atoms with E-state index in [0.717, 1.165) is 22.7 Å². The van der Waals surface area contributed by atoms with Crippen molar-refractivity contribution < 1.29 is 24.1 Å². The monoisotopic (exact) mass is 514 g/mol. The van der Waals surface area contributed by atoms with Gasteiger partial charge >= 0.3 is 5.69 Å². The van der Waals surface area contributed by atoms with Gasteiger partial charge in [0.15, 0.2) is 11.5 Å². The number of nitro benzene ring substituents is 2. The summed E-state index contributed by atoms with van der Waals surface area (Å²) in [5.41, 5.74) is 2.28. The lowest BCUT2D eigenvalue weighted by atomic mass is 10.2. The number of nitrogens with zero attached hydrogens (tertiary/aromatic N) is 3. The molecule has 1 amide bonds. The van der Waals surface area contributed by atoms with Gasteiger partial charge in [0, 0.05) is 16.1 Å². The summed E-state index contributed by atoms with van der Waals surface area (Å²) in [5, 5.41) is 26.2. The fraction of sp³-hybridized carbons (Fsp3) is 0.0476. The average Bonchev–Trinajstić information content (AvgIpc) is 2.79. The number of benzene rings is 3. The standard InChI is InChI=1S/C21H15BrN4O7/c1-32-19-7-5-13(12-23-24-21(27)14-3-2-4-15(22)10-14)9-20(19)33-18-8-6-16(25(28)29)11-17(18)26(30)31/h2-12H,1H3,(H,24,27)/b23-12-. The van der Waals surface area contributed by atoms with Crippen molar-refractivity contribution in [3.8, 4) is 17.2 Å². The van der Waals surface area contributed by atoms with Crippen molar-refractivity contribution in [1.29, 1.82) is 0 Å². The number of halogens is 1. The maximum absolute atomic E-state index is 12.2. The molecule has 0 fully saturated rings. The topological polar surface area (TPSA) is 146 Å². The van der Waals surface area contributed by atoms with Crippen LogP contribution in [0.15, 0.2) is 70.2 Å². The molecule has 1 N–H and O–H groups in total. The van der Waals surface area contributed by atoms with Crippen LogP contribution in [-0.4, -0.2) is 29.1 Å². The van der Waals surface area contributed by atoms with Crippen LogP contribution in [0.1, 0.15) is 15.9 Å². The van der Waals surface area contributed by atoms with Gasteiger partial charge in [-0.15, -0.1) is 0 Å². The average molecular weight is 515 g/mol. The smallest absolute Gasteiger partial charge is 0.318 e. The van der Waals surface area contributed by atoms with Crippen molar-refractivity contribution in [2.24, 2.45) is 5.10 Å². The molecule has 0 bridgehead atoms. The highest BCUT2D eigenvalue weighted by Crippen LogP contribution is 2.38. The largest absolute Gasteiger partial charge is 0.493 e. The summed E-state index contributed by atoms with van der Waals surface area (Å²) >= 11 is 3.29. The molecule has 168 valence electrons. The van der Waals surface area contributed by atoms with Gasteiger partial charge < -0.3 is 9.47 Å². The first kappa shape index (κ1) is 23.3. The zero-order valence-electron chi connectivity index (χ0n) is 16.9. The fourth-order valence-corrected chi connectivity index (χ4v) is 3.08. The highest BCUT2D eigenvalue weighted by Gasteiger charge is 2.22. The predicted molar refractivity (Wildman–Crippen MR) is 122 cm³/mol. The minimum Gasteiger partial charge on any atom is -0.493 e. The van der Waals surface area contributed by atoms with Crippen molar-refractivity contribution in [3.05, 3.63) is 96.5 Å². The normalized spacial score (nSPS) is 10.6. The first-order valence-corrected chi connectivity index (χ1v) is 9.95. The summed E-state index contributed by atoms with van der Waals surface area (Å²) in [6.45, 7) is 0. The van der Waals surface area contributed by atoms with Crippen LogP contribution < -0.4 is 14.9 Å². The van der Waals surface area contributed by atoms with Crippen LogP contribution in [0.3, 0.4) is 0 Å². The molecular weight excluding hydrogens is 500 g/mol. The lowest BCUT2D eigenvalue weighted by Crippen LogP contribution is -2.17. The van der Waals surface area contributed by atoms with Crippen molar-refractivity contribution in [1.82, 2.24) is 5.43 Å². The molecular formula is C21H15BrN4O7. The molecule has 11 nitrogen and oxygen atoms in total. The fourth-order valence-electron chi connectivity index (χ4n) is 2.68. The number of methoxy groups -OCH3 is 1. The Hall–Kier alpha value is -4.32. The molecule has 33 heavy (non-hydrogen) atoms. The number of carbonyl (C=O) groups is 1. The molecule has 0 spiro atoms. The first-order valence-electron chi connectivity index (χ1n) is 9.16. The Morgan fingerprint density at radius 1 is 1.00 bits per heavy atom. The van der Waals surface area contributed by atoms with Crippen molar-refractivity contribution in [2.45, 2.75) is 0 Å². The van der Waals surface area contributed by atoms with Crippen molar-refractivity contribution in [2.75, 3.05) is 7.11 Å². The summed E-state index contributed by atoms with van der Waals surface area (Å²) in [6.07, 6.45) is 1.35. The second kappa shape index (κ2) is 10.3. The molecule has 3 rings (SSSR count). The van der Waals surface area contributed by atoms with Crippen LogP contribution in [0.4, 0.5) is 11.4 Å². The quantitative estimate of drug-likeness (QED) is 0.257. The predicted octanol–water partition coefficient (Wildman–Crippen LogP) is 4.83. The number of nitro groups is 2. The van der Waals surface area contributed by atoms with E-state index in [1.54, 1.807) is 36.4 Å². The molecule has 0 unspecified atom stereocenters. The molecule has 0 aliphatic carbocycles. The van der Waals surface area contributed by atoms with Crippen molar-refractivity contribution >= 4 is 39.4 Å². The molecule has 12 heteroatoms. The molecule has 0 atom stereocenters. The van der Waals surface area contributed by atoms with Gasteiger partial charge in [-0.3, -0.25) is 25.0 Å². The van der Waals surface area contributed by atoms with E-state index in [4.69, 9.17) is 9.47 Å². The summed E-state index contributed by atoms with van der Waals surface area (Å²) in [7, 11) is 1.39. The van der Waals surface area contributed by atoms with E-state index >= 15 is 0 Å². The molecule has 0 saturated heterocycles. The van der Waals surface area contributed by atoms with E-state index in [1.807, 2.05) is 0 Å². The Morgan fingerprint density at radius 2 is 1.76 bits per heavy atom. The summed E-state index contributed by atoms with van der Waals surface area (Å²) < 4.78 is 11.6. The third kappa shape index (κ3) is 5.89. The number of ether oxygens (including phenoxy) is 2. The van der Waals surface area contributed by atoms with Crippen LogP contribution in [0.25, 0.3) is 0 Å². The summed E-state index contributed by atoms with van der Waals surface area (Å²) in [5.74, 6) is -0.255. The van der Waals surface area contributed by atoms with Gasteiger partial charge in [-0.25, -0.2) is 5.43 Å². The Labute approximate surface area is 195 Å². The molecule has 3 aromatic carbocycles. The van der Waals surface area contributed by atoms with Crippen LogP contribution in [0, 0.1) is 20.2 Å². The number of rotatable bonds is 8. The number of hydrazone groups is 1. The second-order valence-corrected chi connectivity index (χ2v) is 7.30. The third-order valence-corrected chi connectivity index (χ3v) is 4.72. The Morgan fingerprint density at radius 3 is 2.42 bits per heavy atom. The summed E-state index contributed by atoms with van der Waals surface area (Å²) in [4.78, 5) is 32.9. The van der Waals surface area contributed by atoms with Gasteiger partial charge in [0.05, 0.1) is 29.2 Å². The summed E-state index contributed by atoms with van der Waals surface area (Å²) in [6, 6.07) is 14.5. The van der Waals surface area contributed by atoms with Gasteiger partial charge in [0.25, 0.3) is 11.6 Å². The molecule has 0 saturated carbocycles. The molecule has 0 aromatic heterocycles. The molecule has 0 heterocycles. The number of hydrogen-bond donors (Lipinski definition) is 1. The lowest BCUT2D eigenvalue weighted by molar-refractivity contribution is -0.394. The number of hydrogen-bond acceptors (Lipinski definition) is 8. The van der Waals surface area contributed by atoms with E-state index in [9.17, 15) is 25.0 Å². The van der Waals surface area contributed by atoms with Gasteiger partial charge in [-0.05, 0) is 48.0 Å². The number of non-ortho nitro benzene ring substituents is 1. The Bertz CT molecular complexity index is 1260. The lowest BCUT2D eigenvalue weighted by Gasteiger charge is -2.11. The van der Waals surface area contributed by atoms with Crippen molar-refractivity contribution in [3.63, 3.8) is 0 Å². The van der Waals surface area contributed by atoms with Crippen LogP contribution >= 0.6 is 15.9 Å². The maximum Gasteiger partial charge on any atom is 0.318 e. The van der Waals surface area contributed by atoms with Crippen LogP contribution in [0.2, 0.25) is 0 Å². The minimum atomic E-state index is -0.780. The number of nitrogens with one attached hydrogen (secondary N) is 1. The van der Waals surface area contributed by atoms with Gasteiger partial charge in [-0.1, -0.05) is 22.0 Å². The van der Waals surface area contributed by atoms with Gasteiger partial charge in [0.1, 0.15) is 0 Å². The third-order valence-electron chi connectivity index (χ3n) is 4.22. The zero-order chi connectivity index (χ0) is 24.0. The zero-order valence-corrected chi connectivity index (χ0v) is 18.5. The van der Waals surface area contributed by atoms with E-state index < -0.39 is 27.1 Å². The second-order valence-electron chi connectivity index (χ2n) is 6.39. The molecule has 0 aliphatic rings. The van der Waals surface area contributed by atoms with Crippen LogP contribution in [-0.2, 0) is 0 Å². The Balaban J connectivity index is 1.83. The highest BCUT2D eigenvalue weighted by atomic mass is 79.9. The van der Waals surface area contributed by atoms with Crippen LogP contribution in [0.5, 0.6) is 17.2 Å². The maximum atomic E-state index is 12.2. The number of amides is 1. The highest BCUT2D eigenvalue weighted by molar-refractivity contribution is 9.10. The minimum absolute atomic E-state index is 0.108. The molecule has 0 radical (unpaired) electrons.